The Bertz CT molecular complexity index is 1000. The quantitative estimate of drug-likeness (QED) is 0.686. The summed E-state index contributed by atoms with van der Waals surface area (Å²) in [6, 6.07) is 6.89. The molecule has 1 aromatic carbocycles. The van der Waals surface area contributed by atoms with Crippen LogP contribution in [0.25, 0.3) is 22.8 Å². The Kier molecular flexibility index (Phi) is 3.59. The van der Waals surface area contributed by atoms with E-state index in [1.807, 2.05) is 30.5 Å². The number of carbonyl (C=O) groups excluding carboxylic acids is 1. The second-order valence-electron chi connectivity index (χ2n) is 5.55. The number of aliphatic imine (C=N–C) groups is 1. The van der Waals surface area contributed by atoms with Gasteiger partial charge in [0.1, 0.15) is 6.33 Å². The lowest BCUT2D eigenvalue weighted by Crippen LogP contribution is -2.19. The number of aromatic nitrogens is 3. The van der Waals surface area contributed by atoms with E-state index >= 15 is 0 Å². The fourth-order valence-electron chi connectivity index (χ4n) is 2.70. The van der Waals surface area contributed by atoms with Gasteiger partial charge in [0, 0.05) is 58.4 Å². The van der Waals surface area contributed by atoms with Gasteiger partial charge in [-0.2, -0.15) is 0 Å². The van der Waals surface area contributed by atoms with Crippen molar-refractivity contribution in [3.63, 3.8) is 0 Å². The maximum Gasteiger partial charge on any atom is 0.316 e. The molecule has 0 radical (unpaired) electrons. The molecule has 4 rings (SSSR count). The van der Waals surface area contributed by atoms with E-state index < -0.39 is 6.03 Å². The molecule has 0 saturated carbocycles. The highest BCUT2D eigenvalue weighted by Gasteiger charge is 2.14. The van der Waals surface area contributed by atoms with Gasteiger partial charge in [-0.05, 0) is 30.3 Å². The highest BCUT2D eigenvalue weighted by Crippen LogP contribution is 2.34. The largest absolute Gasteiger partial charge is 0.361 e. The highest BCUT2D eigenvalue weighted by atomic mass is 16.2. The number of nitrogens with zero attached hydrogens (tertiary/aromatic N) is 3. The first-order chi connectivity index (χ1) is 12.2. The topological polar surface area (TPSA) is 109 Å². The van der Waals surface area contributed by atoms with E-state index in [-0.39, 0.29) is 0 Å². The van der Waals surface area contributed by atoms with Gasteiger partial charge in [0.2, 0.25) is 0 Å². The minimum atomic E-state index is -0.594. The normalized spacial score (nSPS) is 13.8. The van der Waals surface area contributed by atoms with Crippen molar-refractivity contribution in [3.8, 4) is 11.1 Å². The molecule has 0 fully saturated rings. The van der Waals surface area contributed by atoms with E-state index in [9.17, 15) is 4.79 Å². The molecule has 2 amide bonds. The van der Waals surface area contributed by atoms with Gasteiger partial charge in [0.15, 0.2) is 0 Å². The Morgan fingerprint density at radius 3 is 2.80 bits per heavy atom. The number of aromatic amines is 1. The maximum absolute atomic E-state index is 11.0. The third-order valence-electron chi connectivity index (χ3n) is 3.83. The molecule has 1 aliphatic rings. The first kappa shape index (κ1) is 14.8. The van der Waals surface area contributed by atoms with Crippen LogP contribution in [-0.2, 0) is 0 Å². The number of hydrogen-bond acceptors (Lipinski definition) is 4. The second-order valence-corrected chi connectivity index (χ2v) is 5.55. The predicted octanol–water partition coefficient (Wildman–Crippen LogP) is 3.22. The summed E-state index contributed by atoms with van der Waals surface area (Å²) in [5.41, 5.74) is 11.4. The number of carbonyl (C=O) groups is 1. The lowest BCUT2D eigenvalue weighted by molar-refractivity contribution is 0.259. The average Bonchev–Trinajstić information content (AvgIpc) is 3.23. The number of H-pyrrole nitrogens is 1. The molecule has 0 aliphatic carbocycles. The minimum absolute atomic E-state index is 0.594. The van der Waals surface area contributed by atoms with Gasteiger partial charge in [-0.3, -0.25) is 4.99 Å². The monoisotopic (exact) mass is 330 g/mol. The molecule has 2 aromatic heterocycles. The Hall–Kier alpha value is -3.74. The molecule has 7 nitrogen and oxygen atoms in total. The van der Waals surface area contributed by atoms with Gasteiger partial charge in [-0.25, -0.2) is 14.8 Å². The smallest absolute Gasteiger partial charge is 0.316 e. The number of anilines is 1. The highest BCUT2D eigenvalue weighted by molar-refractivity contribution is 6.21. The lowest BCUT2D eigenvalue weighted by Gasteiger charge is -2.05. The molecular weight excluding hydrogens is 316 g/mol. The van der Waals surface area contributed by atoms with Crippen LogP contribution in [0.3, 0.4) is 0 Å². The standard InChI is InChI=1S/C18H14N6O/c19-18(25)24-14-1-2-17-16(5-14)12(9-23-17)4-15-3-11(8-22-15)13-6-20-10-21-7-13/h1-10,22H,(H3,19,24,25). The zero-order valence-electron chi connectivity index (χ0n) is 13.1. The van der Waals surface area contributed by atoms with Crippen molar-refractivity contribution >= 4 is 35.3 Å². The Labute approximate surface area is 143 Å². The molecule has 0 atom stereocenters. The second kappa shape index (κ2) is 6.04. The van der Waals surface area contributed by atoms with Crippen molar-refractivity contribution in [2.24, 2.45) is 10.7 Å². The molecule has 0 unspecified atom stereocenters. The van der Waals surface area contributed by atoms with Crippen LogP contribution in [0, 0.1) is 0 Å². The van der Waals surface area contributed by atoms with Crippen molar-refractivity contribution in [1.29, 1.82) is 0 Å². The van der Waals surface area contributed by atoms with Crippen LogP contribution >= 0.6 is 0 Å². The van der Waals surface area contributed by atoms with Crippen molar-refractivity contribution in [3.05, 3.63) is 60.4 Å². The fraction of sp³-hybridized carbons (Fsp3) is 0. The maximum atomic E-state index is 11.0. The van der Waals surface area contributed by atoms with E-state index in [0.717, 1.165) is 33.6 Å². The molecule has 3 aromatic rings. The van der Waals surface area contributed by atoms with Crippen LogP contribution < -0.4 is 11.1 Å². The molecule has 7 heteroatoms. The van der Waals surface area contributed by atoms with E-state index in [1.165, 1.54) is 6.33 Å². The van der Waals surface area contributed by atoms with Crippen molar-refractivity contribution in [1.82, 2.24) is 15.0 Å². The number of urea groups is 1. The first-order valence-corrected chi connectivity index (χ1v) is 7.59. The van der Waals surface area contributed by atoms with Crippen molar-refractivity contribution < 1.29 is 4.79 Å². The molecule has 25 heavy (non-hydrogen) atoms. The fourth-order valence-corrected chi connectivity index (χ4v) is 2.70. The summed E-state index contributed by atoms with van der Waals surface area (Å²) in [5, 5.41) is 2.58. The number of rotatable bonds is 3. The van der Waals surface area contributed by atoms with Crippen LogP contribution in [0.5, 0.6) is 0 Å². The Morgan fingerprint density at radius 1 is 1.16 bits per heavy atom. The number of primary amides is 1. The number of nitrogens with one attached hydrogen (secondary N) is 2. The zero-order valence-corrected chi connectivity index (χ0v) is 13.1. The van der Waals surface area contributed by atoms with Gasteiger partial charge in [0.05, 0.1) is 5.69 Å². The van der Waals surface area contributed by atoms with E-state index in [0.29, 0.717) is 5.69 Å². The summed E-state index contributed by atoms with van der Waals surface area (Å²) in [6.07, 6.45) is 10.7. The van der Waals surface area contributed by atoms with Gasteiger partial charge in [-0.15, -0.1) is 0 Å². The molecule has 1 aliphatic heterocycles. The van der Waals surface area contributed by atoms with Crippen LogP contribution in [0.2, 0.25) is 0 Å². The van der Waals surface area contributed by atoms with Gasteiger partial charge < -0.3 is 16.0 Å². The zero-order chi connectivity index (χ0) is 17.2. The summed E-state index contributed by atoms with van der Waals surface area (Å²) in [6.45, 7) is 0. The molecular formula is C18H14N6O. The SMILES string of the molecule is NC(=O)Nc1ccc2c(c1)C(=Cc1cc(-c3cncnc3)c[nH]1)C=N2. The van der Waals surface area contributed by atoms with Crippen LogP contribution in [0.4, 0.5) is 16.2 Å². The van der Waals surface area contributed by atoms with E-state index in [4.69, 9.17) is 5.73 Å². The Morgan fingerprint density at radius 2 is 2.00 bits per heavy atom. The van der Waals surface area contributed by atoms with Crippen LogP contribution in [-0.4, -0.2) is 27.2 Å². The number of allylic oxidation sites excluding steroid dienone is 1. The molecule has 4 N–H and O–H groups in total. The number of nitrogens with two attached hydrogens (primary N) is 1. The summed E-state index contributed by atoms with van der Waals surface area (Å²) in [5.74, 6) is 0. The summed E-state index contributed by atoms with van der Waals surface area (Å²) in [4.78, 5) is 26.7. The third-order valence-corrected chi connectivity index (χ3v) is 3.83. The first-order valence-electron chi connectivity index (χ1n) is 7.59. The summed E-state index contributed by atoms with van der Waals surface area (Å²) >= 11 is 0. The predicted molar refractivity (Wildman–Crippen MR) is 97.5 cm³/mol. The number of hydrogen-bond donors (Lipinski definition) is 3. The number of fused-ring (bicyclic) bond motifs is 1. The number of benzene rings is 1. The van der Waals surface area contributed by atoms with Crippen LogP contribution in [0.1, 0.15) is 11.3 Å². The number of amides is 2. The van der Waals surface area contributed by atoms with Crippen molar-refractivity contribution in [2.75, 3.05) is 5.32 Å². The Balaban J connectivity index is 1.65. The molecule has 3 heterocycles. The molecule has 0 spiro atoms. The average molecular weight is 330 g/mol. The lowest BCUT2D eigenvalue weighted by atomic mass is 10.0. The van der Waals surface area contributed by atoms with Gasteiger partial charge in [0.25, 0.3) is 0 Å². The molecule has 0 saturated heterocycles. The van der Waals surface area contributed by atoms with E-state index in [2.05, 4.69) is 25.3 Å². The minimum Gasteiger partial charge on any atom is -0.361 e. The van der Waals surface area contributed by atoms with Gasteiger partial charge in [-0.1, -0.05) is 0 Å². The summed E-state index contributed by atoms with van der Waals surface area (Å²) < 4.78 is 0. The molecule has 0 bridgehead atoms. The van der Waals surface area contributed by atoms with E-state index in [1.54, 1.807) is 24.7 Å². The third kappa shape index (κ3) is 3.02. The molecule has 122 valence electrons. The van der Waals surface area contributed by atoms with Crippen LogP contribution in [0.15, 0.2) is 54.2 Å². The summed E-state index contributed by atoms with van der Waals surface area (Å²) in [7, 11) is 0. The van der Waals surface area contributed by atoms with Crippen molar-refractivity contribution in [2.45, 2.75) is 0 Å². The van der Waals surface area contributed by atoms with Gasteiger partial charge >= 0.3 is 6.03 Å².